The summed E-state index contributed by atoms with van der Waals surface area (Å²) in [5, 5.41) is 0.495. The Morgan fingerprint density at radius 3 is 2.60 bits per heavy atom. The highest BCUT2D eigenvalue weighted by Crippen LogP contribution is 2.27. The van der Waals surface area contributed by atoms with E-state index in [9.17, 15) is 4.79 Å². The molecule has 0 bridgehead atoms. The molecule has 0 atom stereocenters. The largest absolute Gasteiger partial charge is 0.379 e. The van der Waals surface area contributed by atoms with Gasteiger partial charge in [-0.25, -0.2) is 0 Å². The van der Waals surface area contributed by atoms with E-state index in [0.29, 0.717) is 11.7 Å². The molecule has 0 aliphatic carbocycles. The zero-order chi connectivity index (χ0) is 7.98. The quantitative estimate of drug-likeness (QED) is 0.491. The molecular weight excluding hydrogens is 168 g/mol. The smallest absolute Gasteiger partial charge is 0.318 e. The predicted octanol–water partition coefficient (Wildman–Crippen LogP) is 2.64. The Kier molecular flexibility index (Phi) is 6.02. The highest BCUT2D eigenvalue weighted by Gasteiger charge is 2.00. The Balaban J connectivity index is 3.12. The molecule has 0 fully saturated rings. The maximum atomic E-state index is 10.5. The SMILES string of the molecule is CCC(=O)OSSC(C)C. The van der Waals surface area contributed by atoms with E-state index in [-0.39, 0.29) is 5.97 Å². The van der Waals surface area contributed by atoms with Crippen LogP contribution in [0.3, 0.4) is 0 Å². The Labute approximate surface area is 69.7 Å². The number of hydrogen-bond donors (Lipinski definition) is 0. The molecule has 0 aliphatic rings. The topological polar surface area (TPSA) is 26.3 Å². The molecule has 0 spiro atoms. The molecular formula is C6H12O2S2. The lowest BCUT2D eigenvalue weighted by atomic mass is 10.5. The van der Waals surface area contributed by atoms with Gasteiger partial charge in [0, 0.05) is 11.7 Å². The Bertz CT molecular complexity index is 104. The first-order valence-corrected chi connectivity index (χ1v) is 5.33. The Hall–Kier alpha value is 0.170. The van der Waals surface area contributed by atoms with Gasteiger partial charge >= 0.3 is 5.97 Å². The van der Waals surface area contributed by atoms with Gasteiger partial charge in [0.1, 0.15) is 11.1 Å². The van der Waals surface area contributed by atoms with Crippen molar-refractivity contribution in [3.05, 3.63) is 0 Å². The van der Waals surface area contributed by atoms with Crippen LogP contribution in [-0.4, -0.2) is 11.2 Å². The van der Waals surface area contributed by atoms with E-state index in [0.717, 1.165) is 11.1 Å². The summed E-state index contributed by atoms with van der Waals surface area (Å²) in [6.45, 7) is 5.89. The molecule has 0 aliphatic heterocycles. The first-order valence-electron chi connectivity index (χ1n) is 3.19. The highest BCUT2D eigenvalue weighted by atomic mass is 33.1. The van der Waals surface area contributed by atoms with Crippen molar-refractivity contribution in [1.29, 1.82) is 0 Å². The summed E-state index contributed by atoms with van der Waals surface area (Å²) in [5.74, 6) is -0.154. The van der Waals surface area contributed by atoms with Crippen molar-refractivity contribution in [3.8, 4) is 0 Å². The van der Waals surface area contributed by atoms with Gasteiger partial charge in [-0.1, -0.05) is 20.8 Å². The van der Waals surface area contributed by atoms with Crippen LogP contribution in [0.1, 0.15) is 27.2 Å². The van der Waals surface area contributed by atoms with E-state index >= 15 is 0 Å². The Morgan fingerprint density at radius 1 is 1.60 bits per heavy atom. The lowest BCUT2D eigenvalue weighted by Crippen LogP contribution is -1.94. The maximum Gasteiger partial charge on any atom is 0.318 e. The van der Waals surface area contributed by atoms with Crippen LogP contribution in [0.25, 0.3) is 0 Å². The normalized spacial score (nSPS) is 10.0. The molecule has 0 aromatic heterocycles. The van der Waals surface area contributed by atoms with Gasteiger partial charge < -0.3 is 4.18 Å². The predicted molar refractivity (Wildman–Crippen MR) is 46.7 cm³/mol. The van der Waals surface area contributed by atoms with E-state index in [2.05, 4.69) is 13.8 Å². The van der Waals surface area contributed by atoms with E-state index < -0.39 is 0 Å². The van der Waals surface area contributed by atoms with Crippen molar-refractivity contribution in [2.24, 2.45) is 0 Å². The average molecular weight is 180 g/mol. The minimum Gasteiger partial charge on any atom is -0.379 e. The second-order valence-electron chi connectivity index (χ2n) is 2.02. The molecule has 4 heteroatoms. The minimum atomic E-state index is -0.154. The van der Waals surface area contributed by atoms with Crippen molar-refractivity contribution < 1.29 is 8.98 Å². The van der Waals surface area contributed by atoms with Crippen LogP contribution in [0, 0.1) is 0 Å². The van der Waals surface area contributed by atoms with E-state index in [1.165, 1.54) is 0 Å². The number of carbonyl (C=O) groups excluding carboxylic acids is 1. The van der Waals surface area contributed by atoms with Crippen molar-refractivity contribution >= 4 is 27.8 Å². The van der Waals surface area contributed by atoms with Gasteiger partial charge in [0.05, 0.1) is 0 Å². The monoisotopic (exact) mass is 180 g/mol. The second-order valence-corrected chi connectivity index (χ2v) is 4.45. The fourth-order valence-corrected chi connectivity index (χ4v) is 1.40. The third-order valence-corrected chi connectivity index (χ3v) is 2.96. The van der Waals surface area contributed by atoms with Gasteiger partial charge in [-0.15, -0.1) is 0 Å². The van der Waals surface area contributed by atoms with Crippen LogP contribution in [-0.2, 0) is 8.98 Å². The molecule has 0 aromatic carbocycles. The van der Waals surface area contributed by atoms with Crippen LogP contribution >= 0.6 is 21.9 Å². The first-order chi connectivity index (χ1) is 4.66. The van der Waals surface area contributed by atoms with Crippen LogP contribution in [0.15, 0.2) is 0 Å². The van der Waals surface area contributed by atoms with Crippen molar-refractivity contribution in [1.82, 2.24) is 0 Å². The Morgan fingerprint density at radius 2 is 2.20 bits per heavy atom. The van der Waals surface area contributed by atoms with Crippen molar-refractivity contribution in [3.63, 3.8) is 0 Å². The van der Waals surface area contributed by atoms with Crippen molar-refractivity contribution in [2.45, 2.75) is 32.4 Å². The first kappa shape index (κ1) is 10.2. The third kappa shape index (κ3) is 6.29. The highest BCUT2D eigenvalue weighted by molar-refractivity contribution is 8.75. The van der Waals surface area contributed by atoms with Gasteiger partial charge in [0.25, 0.3) is 0 Å². The fourth-order valence-electron chi connectivity index (χ4n) is 0.195. The molecule has 0 rings (SSSR count). The molecule has 0 aromatic rings. The summed E-state index contributed by atoms with van der Waals surface area (Å²) in [4.78, 5) is 10.5. The zero-order valence-electron chi connectivity index (χ0n) is 6.42. The number of rotatable bonds is 4. The second kappa shape index (κ2) is 5.92. The van der Waals surface area contributed by atoms with Gasteiger partial charge in [0.15, 0.2) is 0 Å². The molecule has 0 heterocycles. The van der Waals surface area contributed by atoms with Crippen LogP contribution in [0.5, 0.6) is 0 Å². The van der Waals surface area contributed by atoms with Crippen LogP contribution < -0.4 is 0 Å². The molecule has 0 N–H and O–H groups in total. The maximum absolute atomic E-state index is 10.5. The molecule has 0 saturated heterocycles. The molecule has 0 amide bonds. The summed E-state index contributed by atoms with van der Waals surface area (Å²) in [5.41, 5.74) is 0. The van der Waals surface area contributed by atoms with Gasteiger partial charge in [-0.2, -0.15) is 0 Å². The lowest BCUT2D eigenvalue weighted by Gasteiger charge is -2.01. The van der Waals surface area contributed by atoms with E-state index in [1.54, 1.807) is 17.7 Å². The van der Waals surface area contributed by atoms with Crippen LogP contribution in [0.2, 0.25) is 0 Å². The number of hydrogen-bond acceptors (Lipinski definition) is 4. The lowest BCUT2D eigenvalue weighted by molar-refractivity contribution is -0.132. The van der Waals surface area contributed by atoms with Crippen molar-refractivity contribution in [2.75, 3.05) is 0 Å². The summed E-state index contributed by atoms with van der Waals surface area (Å²) in [7, 11) is 1.55. The average Bonchev–Trinajstić information content (AvgIpc) is 1.87. The van der Waals surface area contributed by atoms with E-state index in [1.807, 2.05) is 0 Å². The fraction of sp³-hybridized carbons (Fsp3) is 0.833. The van der Waals surface area contributed by atoms with Gasteiger partial charge in [0.2, 0.25) is 0 Å². The molecule has 60 valence electrons. The summed E-state index contributed by atoms with van der Waals surface area (Å²) >= 11 is 1.16. The van der Waals surface area contributed by atoms with Gasteiger partial charge in [-0.3, -0.25) is 4.79 Å². The molecule has 0 saturated carbocycles. The molecule has 0 radical (unpaired) electrons. The minimum absolute atomic E-state index is 0.154. The summed E-state index contributed by atoms with van der Waals surface area (Å²) < 4.78 is 4.74. The number of carbonyl (C=O) groups is 1. The molecule has 2 nitrogen and oxygen atoms in total. The molecule has 10 heavy (non-hydrogen) atoms. The molecule has 0 unspecified atom stereocenters. The van der Waals surface area contributed by atoms with Crippen LogP contribution in [0.4, 0.5) is 0 Å². The van der Waals surface area contributed by atoms with Gasteiger partial charge in [-0.05, 0) is 10.8 Å². The van der Waals surface area contributed by atoms with E-state index in [4.69, 9.17) is 4.18 Å². The third-order valence-electron chi connectivity index (χ3n) is 0.647. The zero-order valence-corrected chi connectivity index (χ0v) is 8.05. The summed E-state index contributed by atoms with van der Waals surface area (Å²) in [6, 6.07) is 0. The standard InChI is InChI=1S/C6H12O2S2/c1-4-6(7)8-10-9-5(2)3/h5H,4H2,1-3H3. The summed E-state index contributed by atoms with van der Waals surface area (Å²) in [6.07, 6.45) is 0.450.